The highest BCUT2D eigenvalue weighted by Gasteiger charge is 2.69. The minimum atomic E-state index is -5.24. The summed E-state index contributed by atoms with van der Waals surface area (Å²) in [6.07, 6.45) is -7.45. The summed E-state index contributed by atoms with van der Waals surface area (Å²) in [5.74, 6) is -1.03. The van der Waals surface area contributed by atoms with E-state index in [0.717, 1.165) is 10.8 Å². The zero-order chi connectivity index (χ0) is 34.4. The van der Waals surface area contributed by atoms with Crippen molar-refractivity contribution in [3.8, 4) is 11.5 Å². The number of benzene rings is 3. The Balaban J connectivity index is 1.48. The molecule has 2 aliphatic heterocycles. The van der Waals surface area contributed by atoms with Gasteiger partial charge in [-0.25, -0.2) is 4.79 Å². The van der Waals surface area contributed by atoms with E-state index in [0.29, 0.717) is 33.1 Å². The maximum atomic E-state index is 13.7. The van der Waals surface area contributed by atoms with Crippen molar-refractivity contribution in [2.75, 3.05) is 27.4 Å². The van der Waals surface area contributed by atoms with Crippen LogP contribution in [0.5, 0.6) is 11.5 Å². The van der Waals surface area contributed by atoms with Crippen LogP contribution < -0.4 is 20.7 Å². The van der Waals surface area contributed by atoms with Crippen molar-refractivity contribution in [2.45, 2.75) is 42.7 Å². The van der Waals surface area contributed by atoms with Gasteiger partial charge in [0.2, 0.25) is 0 Å². The number of nitrogens with one attached hydrogen (secondary N) is 1. The van der Waals surface area contributed by atoms with Gasteiger partial charge in [0.15, 0.2) is 6.23 Å². The summed E-state index contributed by atoms with van der Waals surface area (Å²) in [7, 11) is 3.05. The van der Waals surface area contributed by atoms with Crippen LogP contribution in [0.2, 0.25) is 0 Å². The van der Waals surface area contributed by atoms with Gasteiger partial charge in [0.05, 0.1) is 33.4 Å². The highest BCUT2D eigenvalue weighted by Crippen LogP contribution is 2.51. The molecule has 2 saturated heterocycles. The van der Waals surface area contributed by atoms with Gasteiger partial charge in [-0.1, -0.05) is 54.6 Å². The third-order valence-corrected chi connectivity index (χ3v) is 8.91. The molecule has 4 atom stereocenters. The molecule has 1 amide bonds. The van der Waals surface area contributed by atoms with Crippen molar-refractivity contribution in [1.82, 2.24) is 14.5 Å². The number of ether oxygens (including phenoxy) is 4. The Morgan fingerprint density at radius 3 is 2.00 bits per heavy atom. The number of hydrogen-bond acceptors (Lipinski definition) is 8. The predicted molar refractivity (Wildman–Crippen MR) is 165 cm³/mol. The standard InChI is InChI=1S/C34H32F3N3O8/c1-20-17-39(31(44)38-28(20)42)29-26(41)27-32(48-29,18-40(27)30(43)34(35,36)37)19-47-33(21-7-5-4-6-8-21,22-9-13-24(45-2)14-10-22)23-11-15-25(46-3)16-12-23/h4-17,26-27,29,41H,18-19H2,1-3H3,(H,38,42,44)/t26-,27?,29-,32-/m1/s1. The molecule has 0 radical (unpaired) electrons. The monoisotopic (exact) mass is 667 g/mol. The summed E-state index contributed by atoms with van der Waals surface area (Å²) >= 11 is 0. The molecule has 2 N–H and O–H groups in total. The van der Waals surface area contributed by atoms with Gasteiger partial charge in [0.1, 0.15) is 28.8 Å². The topological polar surface area (TPSA) is 132 Å². The summed E-state index contributed by atoms with van der Waals surface area (Å²) in [4.78, 5) is 40.0. The van der Waals surface area contributed by atoms with Gasteiger partial charge in [-0.2, -0.15) is 13.2 Å². The number of carbonyl (C=O) groups excluding carboxylic acids is 1. The number of aliphatic hydroxyl groups excluding tert-OH is 1. The second kappa shape index (κ2) is 12.3. The van der Waals surface area contributed by atoms with Gasteiger partial charge >= 0.3 is 17.8 Å². The fourth-order valence-corrected chi connectivity index (χ4v) is 6.55. The first-order chi connectivity index (χ1) is 22.8. The Hall–Kier alpha value is -4.92. The van der Waals surface area contributed by atoms with Crippen molar-refractivity contribution in [2.24, 2.45) is 0 Å². The number of carbonyl (C=O) groups is 1. The van der Waals surface area contributed by atoms with Gasteiger partial charge in [0, 0.05) is 11.8 Å². The Morgan fingerprint density at radius 1 is 0.938 bits per heavy atom. The number of hydrogen-bond donors (Lipinski definition) is 2. The highest BCUT2D eigenvalue weighted by atomic mass is 19.4. The van der Waals surface area contributed by atoms with Crippen LogP contribution in [-0.4, -0.2) is 76.8 Å². The minimum absolute atomic E-state index is 0.0975. The molecular formula is C34H32F3N3O8. The lowest BCUT2D eigenvalue weighted by atomic mass is 9.78. The molecule has 3 heterocycles. The number of fused-ring (bicyclic) bond motifs is 1. The van der Waals surface area contributed by atoms with Crippen LogP contribution in [0.3, 0.4) is 0 Å². The number of halogens is 3. The van der Waals surface area contributed by atoms with Crippen molar-refractivity contribution in [1.29, 1.82) is 0 Å². The third-order valence-electron chi connectivity index (χ3n) is 8.91. The van der Waals surface area contributed by atoms with Crippen molar-refractivity contribution < 1.29 is 42.0 Å². The van der Waals surface area contributed by atoms with Crippen LogP contribution in [-0.2, 0) is 19.9 Å². The molecule has 1 aromatic heterocycles. The van der Waals surface area contributed by atoms with Crippen molar-refractivity contribution in [3.63, 3.8) is 0 Å². The number of aliphatic hydroxyl groups is 1. The maximum absolute atomic E-state index is 13.7. The number of methoxy groups -OCH3 is 2. The number of rotatable bonds is 9. The Kier molecular flexibility index (Phi) is 8.43. The second-order valence-electron chi connectivity index (χ2n) is 11.7. The molecule has 14 heteroatoms. The number of H-pyrrole nitrogens is 1. The summed E-state index contributed by atoms with van der Waals surface area (Å²) in [5, 5.41) is 11.4. The fourth-order valence-electron chi connectivity index (χ4n) is 6.55. The Bertz CT molecular complexity index is 1860. The number of nitrogens with zero attached hydrogens (tertiary/aromatic N) is 2. The molecule has 252 valence electrons. The smallest absolute Gasteiger partial charge is 0.471 e. The normalized spacial score (nSPS) is 22.1. The number of alkyl halides is 3. The van der Waals surface area contributed by atoms with Crippen LogP contribution in [0.1, 0.15) is 28.5 Å². The molecule has 11 nitrogen and oxygen atoms in total. The van der Waals surface area contributed by atoms with E-state index in [9.17, 15) is 32.7 Å². The SMILES string of the molecule is COc1ccc(C(OC[C@]23CN(C(=O)C(F)(F)F)C2[C@@H](O)[C@H](n2cc(C)c(=O)[nH]c2=O)O3)(c2ccccc2)c2ccc(OC)cc2)cc1. The van der Waals surface area contributed by atoms with E-state index in [4.69, 9.17) is 18.9 Å². The zero-order valence-electron chi connectivity index (χ0n) is 26.1. The number of amides is 1. The van der Waals surface area contributed by atoms with Gasteiger partial charge < -0.3 is 29.0 Å². The van der Waals surface area contributed by atoms with E-state index in [1.165, 1.54) is 21.1 Å². The van der Waals surface area contributed by atoms with E-state index in [1.807, 2.05) is 30.3 Å². The molecule has 48 heavy (non-hydrogen) atoms. The molecule has 4 aromatic rings. The van der Waals surface area contributed by atoms with E-state index < -0.39 is 66.1 Å². The van der Waals surface area contributed by atoms with Crippen LogP contribution in [0, 0.1) is 6.92 Å². The summed E-state index contributed by atoms with van der Waals surface area (Å²) < 4.78 is 65.9. The zero-order valence-corrected chi connectivity index (χ0v) is 26.1. The van der Waals surface area contributed by atoms with E-state index in [2.05, 4.69) is 4.98 Å². The number of aromatic amines is 1. The number of aromatic nitrogens is 2. The summed E-state index contributed by atoms with van der Waals surface area (Å²) in [5.41, 5.74) is -2.74. The maximum Gasteiger partial charge on any atom is 0.471 e. The molecule has 1 unspecified atom stereocenters. The number of aryl methyl sites for hydroxylation is 1. The Labute approximate surface area is 272 Å². The second-order valence-corrected chi connectivity index (χ2v) is 11.7. The lowest BCUT2D eigenvalue weighted by Gasteiger charge is -2.53. The van der Waals surface area contributed by atoms with Gasteiger partial charge in [-0.3, -0.25) is 19.1 Å². The first kappa shape index (κ1) is 33.0. The highest BCUT2D eigenvalue weighted by molar-refractivity contribution is 5.83. The molecule has 6 rings (SSSR count). The van der Waals surface area contributed by atoms with Crippen LogP contribution >= 0.6 is 0 Å². The molecular weight excluding hydrogens is 635 g/mol. The van der Waals surface area contributed by atoms with E-state index >= 15 is 0 Å². The average molecular weight is 668 g/mol. The molecule has 0 aliphatic carbocycles. The first-order valence-corrected chi connectivity index (χ1v) is 14.9. The third kappa shape index (κ3) is 5.45. The fraction of sp³-hybridized carbons (Fsp3) is 0.324. The van der Waals surface area contributed by atoms with Crippen LogP contribution in [0.4, 0.5) is 13.2 Å². The van der Waals surface area contributed by atoms with Gasteiger partial charge in [0.25, 0.3) is 5.56 Å². The largest absolute Gasteiger partial charge is 0.497 e. The van der Waals surface area contributed by atoms with Crippen LogP contribution in [0.25, 0.3) is 0 Å². The van der Waals surface area contributed by atoms with Gasteiger partial charge in [-0.05, 0) is 47.9 Å². The summed E-state index contributed by atoms with van der Waals surface area (Å²) in [6.45, 7) is 0.384. The quantitative estimate of drug-likeness (QED) is 0.260. The van der Waals surface area contributed by atoms with Crippen molar-refractivity contribution in [3.05, 3.63) is 128 Å². The number of likely N-dealkylation sites (tertiary alicyclic amines) is 1. The predicted octanol–water partition coefficient (Wildman–Crippen LogP) is 3.27. The van der Waals surface area contributed by atoms with Crippen molar-refractivity contribution >= 4 is 5.91 Å². The molecule has 2 fully saturated rings. The molecule has 0 bridgehead atoms. The van der Waals surface area contributed by atoms with E-state index in [-0.39, 0.29) is 5.56 Å². The molecule has 2 aliphatic rings. The average Bonchev–Trinajstić information content (AvgIpc) is 3.28. The van der Waals surface area contributed by atoms with E-state index in [1.54, 1.807) is 48.5 Å². The molecule has 0 saturated carbocycles. The lowest BCUT2D eigenvalue weighted by molar-refractivity contribution is -0.231. The minimum Gasteiger partial charge on any atom is -0.497 e. The Morgan fingerprint density at radius 2 is 1.48 bits per heavy atom. The molecule has 3 aromatic carbocycles. The van der Waals surface area contributed by atoms with Crippen LogP contribution in [0.15, 0.2) is 94.6 Å². The summed E-state index contributed by atoms with van der Waals surface area (Å²) in [6, 6.07) is 21.7. The first-order valence-electron chi connectivity index (χ1n) is 14.9. The lowest BCUT2D eigenvalue weighted by Crippen LogP contribution is -2.75. The molecule has 0 spiro atoms. The van der Waals surface area contributed by atoms with Gasteiger partial charge in [-0.15, -0.1) is 0 Å².